The van der Waals surface area contributed by atoms with E-state index in [9.17, 15) is 4.79 Å². The molecule has 4 nitrogen and oxygen atoms in total. The molecule has 4 heteroatoms. The van der Waals surface area contributed by atoms with Crippen LogP contribution in [0.25, 0.3) is 17.0 Å². The molecule has 120 valence electrons. The van der Waals surface area contributed by atoms with Crippen LogP contribution in [0.3, 0.4) is 0 Å². The Kier molecular flexibility index (Phi) is 3.38. The van der Waals surface area contributed by atoms with E-state index in [-0.39, 0.29) is 12.1 Å². The first-order valence-corrected chi connectivity index (χ1v) is 7.99. The minimum Gasteiger partial charge on any atom is -0.361 e. The number of H-pyrrole nitrogens is 1. The molecule has 0 aliphatic carbocycles. The molecule has 1 aromatic heterocycles. The number of fused-ring (bicyclic) bond motifs is 2. The largest absolute Gasteiger partial charge is 0.361 e. The fourth-order valence-electron chi connectivity index (χ4n) is 3.35. The summed E-state index contributed by atoms with van der Waals surface area (Å²) in [4.78, 5) is 19.5. The number of hydrogen-bond acceptors (Lipinski definition) is 1. The maximum atomic E-state index is 12.7. The molecule has 4 rings (SSSR count). The molecule has 3 aromatic rings. The van der Waals surface area contributed by atoms with Crippen LogP contribution >= 0.6 is 0 Å². The molecular weight excluding hydrogens is 298 g/mol. The maximum Gasteiger partial charge on any atom is 0.324 e. The summed E-state index contributed by atoms with van der Waals surface area (Å²) in [7, 11) is 3.56. The summed E-state index contributed by atoms with van der Waals surface area (Å²) in [6.45, 7) is 0. The van der Waals surface area contributed by atoms with Gasteiger partial charge in [-0.05, 0) is 23.3 Å². The topological polar surface area (TPSA) is 39.3 Å². The fraction of sp³-hybridized carbons (Fsp3) is 0.150. The van der Waals surface area contributed by atoms with Crippen molar-refractivity contribution >= 4 is 23.0 Å². The van der Waals surface area contributed by atoms with Crippen molar-refractivity contribution in [3.63, 3.8) is 0 Å². The first-order chi connectivity index (χ1) is 11.7. The van der Waals surface area contributed by atoms with E-state index in [0.29, 0.717) is 0 Å². The van der Waals surface area contributed by atoms with E-state index in [1.165, 1.54) is 0 Å². The number of carbonyl (C=O) groups is 1. The molecule has 24 heavy (non-hydrogen) atoms. The summed E-state index contributed by atoms with van der Waals surface area (Å²) in [6, 6.07) is 16.3. The monoisotopic (exact) mass is 317 g/mol. The molecule has 0 saturated heterocycles. The zero-order chi connectivity index (χ0) is 16.7. The van der Waals surface area contributed by atoms with Crippen molar-refractivity contribution in [1.82, 2.24) is 14.8 Å². The number of aromatic nitrogens is 1. The smallest absolute Gasteiger partial charge is 0.324 e. The molecule has 1 aliphatic rings. The second-order valence-electron chi connectivity index (χ2n) is 6.22. The Morgan fingerprint density at radius 1 is 1.04 bits per heavy atom. The summed E-state index contributed by atoms with van der Waals surface area (Å²) >= 11 is 0. The Morgan fingerprint density at radius 3 is 2.62 bits per heavy atom. The molecular formula is C20H19N3O. The van der Waals surface area contributed by atoms with Gasteiger partial charge in [0.1, 0.15) is 0 Å². The Bertz CT molecular complexity index is 939. The molecule has 1 aliphatic heterocycles. The zero-order valence-corrected chi connectivity index (χ0v) is 13.7. The molecule has 1 atom stereocenters. The third-order valence-corrected chi connectivity index (χ3v) is 4.50. The van der Waals surface area contributed by atoms with Gasteiger partial charge in [0.05, 0.1) is 6.04 Å². The Hall–Kier alpha value is -3.01. The highest BCUT2D eigenvalue weighted by molar-refractivity contribution is 5.86. The van der Waals surface area contributed by atoms with Crippen LogP contribution in [0.1, 0.15) is 22.7 Å². The average molecular weight is 317 g/mol. The second kappa shape index (κ2) is 5.57. The number of nitrogens with zero attached hydrogens (tertiary/aromatic N) is 2. The van der Waals surface area contributed by atoms with Crippen LogP contribution in [0.15, 0.2) is 60.9 Å². The van der Waals surface area contributed by atoms with Crippen LogP contribution in [0.5, 0.6) is 0 Å². The average Bonchev–Trinajstić information content (AvgIpc) is 3.03. The van der Waals surface area contributed by atoms with Crippen molar-refractivity contribution in [2.24, 2.45) is 0 Å². The standard InChI is InChI=1S/C20H19N3O/c1-22(2)20(24)23-12-11-14-7-3-4-8-15(14)19(23)17-13-21-18-10-6-5-9-16(17)18/h3-13,19,21H,1-2H3. The second-order valence-corrected chi connectivity index (χ2v) is 6.22. The van der Waals surface area contributed by atoms with Gasteiger partial charge in [-0.25, -0.2) is 4.79 Å². The van der Waals surface area contributed by atoms with E-state index in [4.69, 9.17) is 0 Å². The number of rotatable bonds is 1. The molecule has 0 radical (unpaired) electrons. The fourth-order valence-corrected chi connectivity index (χ4v) is 3.35. The van der Waals surface area contributed by atoms with E-state index in [0.717, 1.165) is 27.6 Å². The minimum atomic E-state index is -0.141. The molecule has 0 fully saturated rings. The number of nitrogens with one attached hydrogen (secondary N) is 1. The van der Waals surface area contributed by atoms with Crippen LogP contribution in [-0.2, 0) is 0 Å². The molecule has 0 saturated carbocycles. The van der Waals surface area contributed by atoms with E-state index < -0.39 is 0 Å². The molecule has 1 N–H and O–H groups in total. The van der Waals surface area contributed by atoms with Crippen molar-refractivity contribution < 1.29 is 4.79 Å². The zero-order valence-electron chi connectivity index (χ0n) is 13.7. The molecule has 2 heterocycles. The van der Waals surface area contributed by atoms with Crippen LogP contribution in [0.4, 0.5) is 4.79 Å². The van der Waals surface area contributed by atoms with Crippen LogP contribution < -0.4 is 0 Å². The molecule has 0 spiro atoms. The summed E-state index contributed by atoms with van der Waals surface area (Å²) in [5, 5.41) is 1.14. The van der Waals surface area contributed by atoms with Gasteiger partial charge < -0.3 is 9.88 Å². The summed E-state index contributed by atoms with van der Waals surface area (Å²) < 4.78 is 0. The van der Waals surface area contributed by atoms with Gasteiger partial charge in [0.15, 0.2) is 0 Å². The van der Waals surface area contributed by atoms with Crippen molar-refractivity contribution in [3.8, 4) is 0 Å². The number of aromatic amines is 1. The van der Waals surface area contributed by atoms with Crippen molar-refractivity contribution in [3.05, 3.63) is 77.6 Å². The summed E-state index contributed by atoms with van der Waals surface area (Å²) in [5.74, 6) is 0. The third kappa shape index (κ3) is 2.19. The van der Waals surface area contributed by atoms with Crippen molar-refractivity contribution in [2.75, 3.05) is 14.1 Å². The van der Waals surface area contributed by atoms with Crippen LogP contribution in [0, 0.1) is 0 Å². The lowest BCUT2D eigenvalue weighted by Crippen LogP contribution is -2.39. The normalized spacial score (nSPS) is 16.2. The Morgan fingerprint density at radius 2 is 1.79 bits per heavy atom. The predicted octanol–water partition coefficient (Wildman–Crippen LogP) is 4.23. The number of hydrogen-bond donors (Lipinski definition) is 1. The highest BCUT2D eigenvalue weighted by Crippen LogP contribution is 2.38. The van der Waals surface area contributed by atoms with Crippen LogP contribution in [0.2, 0.25) is 0 Å². The predicted molar refractivity (Wildman–Crippen MR) is 96.5 cm³/mol. The van der Waals surface area contributed by atoms with Gasteiger partial charge in [0.25, 0.3) is 0 Å². The van der Waals surface area contributed by atoms with E-state index in [2.05, 4.69) is 29.2 Å². The van der Waals surface area contributed by atoms with Gasteiger partial charge in [0, 0.05) is 43.0 Å². The first-order valence-electron chi connectivity index (χ1n) is 7.99. The lowest BCUT2D eigenvalue weighted by Gasteiger charge is -2.35. The highest BCUT2D eigenvalue weighted by Gasteiger charge is 2.31. The SMILES string of the molecule is CN(C)C(=O)N1C=Cc2ccccc2C1c1c[nH]c2ccccc12. The quantitative estimate of drug-likeness (QED) is 0.717. The maximum absolute atomic E-state index is 12.7. The highest BCUT2D eigenvalue weighted by atomic mass is 16.2. The van der Waals surface area contributed by atoms with E-state index >= 15 is 0 Å². The number of benzene rings is 2. The van der Waals surface area contributed by atoms with Crippen molar-refractivity contribution in [2.45, 2.75) is 6.04 Å². The van der Waals surface area contributed by atoms with Crippen LogP contribution in [-0.4, -0.2) is 34.9 Å². The number of para-hydroxylation sites is 1. The Balaban J connectivity index is 1.93. The minimum absolute atomic E-state index is 0.0314. The van der Waals surface area contributed by atoms with Gasteiger partial charge in [0.2, 0.25) is 0 Å². The Labute approximate surface area is 141 Å². The number of carbonyl (C=O) groups excluding carboxylic acids is 1. The van der Waals surface area contributed by atoms with Gasteiger partial charge >= 0.3 is 6.03 Å². The van der Waals surface area contributed by atoms with Gasteiger partial charge in [-0.15, -0.1) is 0 Å². The molecule has 1 unspecified atom stereocenters. The van der Waals surface area contributed by atoms with E-state index in [1.54, 1.807) is 23.9 Å². The molecule has 2 aromatic carbocycles. The molecule has 0 bridgehead atoms. The third-order valence-electron chi connectivity index (χ3n) is 4.50. The molecule has 2 amide bonds. The van der Waals surface area contributed by atoms with Gasteiger partial charge in [-0.3, -0.25) is 4.90 Å². The lowest BCUT2D eigenvalue weighted by molar-refractivity contribution is 0.179. The first kappa shape index (κ1) is 14.6. The lowest BCUT2D eigenvalue weighted by atomic mass is 9.91. The van der Waals surface area contributed by atoms with Gasteiger partial charge in [-0.2, -0.15) is 0 Å². The van der Waals surface area contributed by atoms with Crippen molar-refractivity contribution in [1.29, 1.82) is 0 Å². The summed E-state index contributed by atoms with van der Waals surface area (Å²) in [6.07, 6.45) is 5.90. The van der Waals surface area contributed by atoms with Gasteiger partial charge in [-0.1, -0.05) is 42.5 Å². The summed E-state index contributed by atoms with van der Waals surface area (Å²) in [5.41, 5.74) is 4.48. The van der Waals surface area contributed by atoms with E-state index in [1.807, 2.05) is 42.7 Å². The number of urea groups is 1. The number of amides is 2.